The third-order valence-corrected chi connectivity index (χ3v) is 5.26. The number of unbranched alkanes of at least 4 members (excludes halogenated alkanes) is 8. The van der Waals surface area contributed by atoms with Crippen LogP contribution in [-0.2, 0) is 19.1 Å². The summed E-state index contributed by atoms with van der Waals surface area (Å²) in [4.78, 5) is 22.8. The van der Waals surface area contributed by atoms with Crippen LogP contribution in [0.1, 0.15) is 104 Å². The van der Waals surface area contributed by atoms with Crippen molar-refractivity contribution in [3.63, 3.8) is 0 Å². The molecular formula is C23H38F6O4. The third-order valence-electron chi connectivity index (χ3n) is 5.26. The molecule has 4 nitrogen and oxygen atoms in total. The van der Waals surface area contributed by atoms with E-state index in [1.54, 1.807) is 0 Å². The molecule has 0 radical (unpaired) electrons. The zero-order chi connectivity index (χ0) is 25.5. The molecule has 33 heavy (non-hydrogen) atoms. The van der Waals surface area contributed by atoms with Gasteiger partial charge < -0.3 is 9.47 Å². The van der Waals surface area contributed by atoms with Gasteiger partial charge >= 0.3 is 24.3 Å². The van der Waals surface area contributed by atoms with E-state index in [0.717, 1.165) is 44.9 Å². The van der Waals surface area contributed by atoms with E-state index < -0.39 is 36.5 Å². The molecule has 10 heteroatoms. The molecule has 0 saturated heterocycles. The van der Waals surface area contributed by atoms with Gasteiger partial charge in [0.1, 0.15) is 12.2 Å². The highest BCUT2D eigenvalue weighted by atomic mass is 19.4. The highest BCUT2D eigenvalue weighted by Crippen LogP contribution is 2.27. The van der Waals surface area contributed by atoms with Crippen LogP contribution in [0.2, 0.25) is 0 Å². The lowest BCUT2D eigenvalue weighted by molar-refractivity contribution is -0.222. The molecule has 0 fully saturated rings. The van der Waals surface area contributed by atoms with Crippen molar-refractivity contribution in [2.45, 2.75) is 129 Å². The van der Waals surface area contributed by atoms with Crippen molar-refractivity contribution in [3.8, 4) is 0 Å². The second-order valence-electron chi connectivity index (χ2n) is 8.82. The Bertz CT molecular complexity index is 546. The molecule has 0 saturated carbocycles. The maximum atomic E-state index is 12.7. The SMILES string of the molecule is CCCCCCCCCCC(OC(=O)C(F)(F)F)C(CCCCC(C)C)OC(=O)C(F)(F)F. The van der Waals surface area contributed by atoms with Gasteiger partial charge in [0.15, 0.2) is 0 Å². The fourth-order valence-electron chi connectivity index (χ4n) is 3.43. The van der Waals surface area contributed by atoms with Crippen molar-refractivity contribution in [2.24, 2.45) is 5.92 Å². The van der Waals surface area contributed by atoms with Crippen molar-refractivity contribution in [1.82, 2.24) is 0 Å². The summed E-state index contributed by atoms with van der Waals surface area (Å²) in [5.74, 6) is -4.67. The van der Waals surface area contributed by atoms with Gasteiger partial charge in [0, 0.05) is 0 Å². The zero-order valence-electron chi connectivity index (χ0n) is 19.8. The van der Waals surface area contributed by atoms with E-state index in [9.17, 15) is 35.9 Å². The first-order valence-electron chi connectivity index (χ1n) is 11.8. The number of halogens is 6. The van der Waals surface area contributed by atoms with E-state index in [0.29, 0.717) is 31.6 Å². The third kappa shape index (κ3) is 15.9. The number of esters is 2. The Morgan fingerprint density at radius 1 is 0.606 bits per heavy atom. The van der Waals surface area contributed by atoms with Crippen LogP contribution in [0.4, 0.5) is 26.3 Å². The highest BCUT2D eigenvalue weighted by molar-refractivity contribution is 5.76. The summed E-state index contributed by atoms with van der Waals surface area (Å²) in [6, 6.07) is 0. The first-order chi connectivity index (χ1) is 15.3. The van der Waals surface area contributed by atoms with E-state index in [1.807, 2.05) is 13.8 Å². The monoisotopic (exact) mass is 492 g/mol. The minimum absolute atomic E-state index is 0.114. The number of hydrogen-bond donors (Lipinski definition) is 0. The Labute approximate surface area is 192 Å². The van der Waals surface area contributed by atoms with Gasteiger partial charge in [-0.2, -0.15) is 26.3 Å². The molecule has 0 aliphatic heterocycles. The van der Waals surface area contributed by atoms with E-state index in [2.05, 4.69) is 16.4 Å². The van der Waals surface area contributed by atoms with Crippen LogP contribution in [0.3, 0.4) is 0 Å². The molecule has 0 amide bonds. The van der Waals surface area contributed by atoms with Crippen molar-refractivity contribution in [2.75, 3.05) is 0 Å². The summed E-state index contributed by atoms with van der Waals surface area (Å²) in [7, 11) is 0. The predicted molar refractivity (Wildman–Crippen MR) is 112 cm³/mol. The van der Waals surface area contributed by atoms with E-state index in [-0.39, 0.29) is 12.8 Å². The number of carbonyl (C=O) groups excluding carboxylic acids is 2. The van der Waals surface area contributed by atoms with Crippen LogP contribution in [0.15, 0.2) is 0 Å². The van der Waals surface area contributed by atoms with Crippen LogP contribution in [0, 0.1) is 5.92 Å². The lowest BCUT2D eigenvalue weighted by Gasteiger charge is -2.28. The first kappa shape index (κ1) is 31.5. The van der Waals surface area contributed by atoms with Gasteiger partial charge in [-0.3, -0.25) is 0 Å². The van der Waals surface area contributed by atoms with Gasteiger partial charge in [-0.15, -0.1) is 0 Å². The van der Waals surface area contributed by atoms with E-state index in [1.165, 1.54) is 0 Å². The lowest BCUT2D eigenvalue weighted by atomic mass is 9.98. The molecule has 0 aromatic rings. The Hall–Kier alpha value is -1.48. The smallest absolute Gasteiger partial charge is 0.452 e. The summed E-state index contributed by atoms with van der Waals surface area (Å²) in [5.41, 5.74) is 0. The molecule has 196 valence electrons. The topological polar surface area (TPSA) is 52.6 Å². The normalized spacial score (nSPS) is 14.2. The molecular weight excluding hydrogens is 454 g/mol. The van der Waals surface area contributed by atoms with Crippen LogP contribution < -0.4 is 0 Å². The number of carbonyl (C=O) groups is 2. The van der Waals surface area contributed by atoms with Gasteiger partial charge in [0.05, 0.1) is 0 Å². The second kappa shape index (κ2) is 16.2. The summed E-state index contributed by atoms with van der Waals surface area (Å²) >= 11 is 0. The van der Waals surface area contributed by atoms with Gasteiger partial charge in [-0.1, -0.05) is 78.6 Å². The fourth-order valence-corrected chi connectivity index (χ4v) is 3.43. The first-order valence-corrected chi connectivity index (χ1v) is 11.8. The zero-order valence-corrected chi connectivity index (χ0v) is 19.8. The fraction of sp³-hybridized carbons (Fsp3) is 0.913. The summed E-state index contributed by atoms with van der Waals surface area (Å²) < 4.78 is 85.5. The van der Waals surface area contributed by atoms with Crippen molar-refractivity contribution < 1.29 is 45.4 Å². The molecule has 0 spiro atoms. The van der Waals surface area contributed by atoms with E-state index in [4.69, 9.17) is 0 Å². The standard InChI is InChI=1S/C23H38F6O4/c1-4-5-6-7-8-9-10-11-15-18(32-20(30)22(24,25)26)19(16-13-12-14-17(2)3)33-21(31)23(27,28)29/h17-19H,4-16H2,1-3H3. The van der Waals surface area contributed by atoms with E-state index >= 15 is 0 Å². The average molecular weight is 493 g/mol. The second-order valence-corrected chi connectivity index (χ2v) is 8.82. The Balaban J connectivity index is 5.17. The van der Waals surface area contributed by atoms with Crippen LogP contribution >= 0.6 is 0 Å². The molecule has 0 aliphatic rings. The lowest BCUT2D eigenvalue weighted by Crippen LogP contribution is -2.41. The number of alkyl halides is 6. The minimum atomic E-state index is -5.30. The minimum Gasteiger partial charge on any atom is -0.452 e. The van der Waals surface area contributed by atoms with Gasteiger partial charge in [-0.25, -0.2) is 9.59 Å². The molecule has 0 heterocycles. The van der Waals surface area contributed by atoms with Crippen molar-refractivity contribution in [3.05, 3.63) is 0 Å². The summed E-state index contributed by atoms with van der Waals surface area (Å²) in [6.45, 7) is 6.00. The Morgan fingerprint density at radius 2 is 0.939 bits per heavy atom. The predicted octanol–water partition coefficient (Wildman–Crippen LogP) is 7.68. The molecule has 0 aromatic carbocycles. The molecule has 0 bridgehead atoms. The van der Waals surface area contributed by atoms with Crippen molar-refractivity contribution >= 4 is 11.9 Å². The highest BCUT2D eigenvalue weighted by Gasteiger charge is 2.46. The maximum absolute atomic E-state index is 12.7. The number of rotatable bonds is 17. The number of hydrogen-bond acceptors (Lipinski definition) is 4. The molecule has 2 unspecified atom stereocenters. The maximum Gasteiger partial charge on any atom is 0.490 e. The Kier molecular flexibility index (Phi) is 15.5. The molecule has 2 atom stereocenters. The van der Waals surface area contributed by atoms with Crippen LogP contribution in [0.25, 0.3) is 0 Å². The quantitative estimate of drug-likeness (QED) is 0.119. The Morgan fingerprint density at radius 3 is 1.30 bits per heavy atom. The van der Waals surface area contributed by atoms with Crippen LogP contribution in [-0.4, -0.2) is 36.5 Å². The molecule has 0 aliphatic carbocycles. The van der Waals surface area contributed by atoms with Gasteiger partial charge in [0.2, 0.25) is 0 Å². The average Bonchev–Trinajstić information content (AvgIpc) is 2.69. The molecule has 0 N–H and O–H groups in total. The number of ether oxygens (including phenoxy) is 2. The van der Waals surface area contributed by atoms with Crippen molar-refractivity contribution in [1.29, 1.82) is 0 Å². The largest absolute Gasteiger partial charge is 0.490 e. The molecule has 0 aromatic heterocycles. The van der Waals surface area contributed by atoms with Gasteiger partial charge in [0.25, 0.3) is 0 Å². The molecule has 0 rings (SSSR count). The summed E-state index contributed by atoms with van der Waals surface area (Å²) in [6.07, 6.45) is -5.29. The summed E-state index contributed by atoms with van der Waals surface area (Å²) in [5, 5.41) is 0. The van der Waals surface area contributed by atoms with Gasteiger partial charge in [-0.05, 0) is 31.6 Å². The van der Waals surface area contributed by atoms with Crippen LogP contribution in [0.5, 0.6) is 0 Å².